The highest BCUT2D eigenvalue weighted by molar-refractivity contribution is 7.21. The van der Waals surface area contributed by atoms with Gasteiger partial charge in [-0.3, -0.25) is 0 Å². The molecule has 2 heterocycles. The number of aromatic nitrogens is 3. The van der Waals surface area contributed by atoms with Crippen LogP contribution in [-0.2, 0) is 0 Å². The van der Waals surface area contributed by atoms with Gasteiger partial charge >= 0.3 is 0 Å². The van der Waals surface area contributed by atoms with E-state index >= 15 is 0 Å². The van der Waals surface area contributed by atoms with Gasteiger partial charge in [0.15, 0.2) is 5.82 Å². The van der Waals surface area contributed by atoms with Crippen LogP contribution in [0.2, 0.25) is 0 Å². The van der Waals surface area contributed by atoms with Gasteiger partial charge in [-0.05, 0) is 39.6 Å². The predicted molar refractivity (Wildman–Crippen MR) is 205 cm³/mol. The van der Waals surface area contributed by atoms with Gasteiger partial charge < -0.3 is 0 Å². The lowest BCUT2D eigenvalue weighted by Crippen LogP contribution is -1.97. The van der Waals surface area contributed by atoms with Crippen LogP contribution >= 0.6 is 11.3 Å². The molecule has 0 radical (unpaired) electrons. The van der Waals surface area contributed by atoms with Crippen molar-refractivity contribution in [3.63, 3.8) is 0 Å². The standard InChI is InChI=1S/C45H29N3S/c1-4-13-30(14-5-1)31-23-25-32(26-24-31)40-29-41(47-44(46-40)33-15-6-2-7-16-33)38-28-27-37(35-19-10-11-20-36(35)38)39-21-12-22-42-43(39)48-45(49-42)34-17-8-3-9-18-34/h1-29H. The molecule has 0 bridgehead atoms. The van der Waals surface area contributed by atoms with E-state index in [9.17, 15) is 0 Å². The summed E-state index contributed by atoms with van der Waals surface area (Å²) in [4.78, 5) is 15.4. The fraction of sp³-hybridized carbons (Fsp3) is 0. The molecule has 49 heavy (non-hydrogen) atoms. The first-order chi connectivity index (χ1) is 24.3. The maximum Gasteiger partial charge on any atom is 0.160 e. The van der Waals surface area contributed by atoms with Crippen molar-refractivity contribution in [1.29, 1.82) is 0 Å². The molecule has 7 aromatic carbocycles. The summed E-state index contributed by atoms with van der Waals surface area (Å²) < 4.78 is 1.18. The molecule has 0 aliphatic carbocycles. The highest BCUT2D eigenvalue weighted by Gasteiger charge is 2.17. The first-order valence-corrected chi connectivity index (χ1v) is 17.2. The lowest BCUT2D eigenvalue weighted by molar-refractivity contribution is 1.18. The third kappa shape index (κ3) is 5.48. The van der Waals surface area contributed by atoms with Crippen LogP contribution in [0.5, 0.6) is 0 Å². The van der Waals surface area contributed by atoms with Gasteiger partial charge in [-0.2, -0.15) is 0 Å². The monoisotopic (exact) mass is 643 g/mol. The Kier molecular flexibility index (Phi) is 7.34. The molecule has 2 aromatic heterocycles. The second kappa shape index (κ2) is 12.4. The Hall–Kier alpha value is -6.23. The number of rotatable bonds is 6. The molecule has 3 nitrogen and oxygen atoms in total. The lowest BCUT2D eigenvalue weighted by Gasteiger charge is -2.14. The third-order valence-corrected chi connectivity index (χ3v) is 10.0. The molecule has 0 saturated heterocycles. The molecule has 0 N–H and O–H groups in total. The smallest absolute Gasteiger partial charge is 0.160 e. The van der Waals surface area contributed by atoms with Crippen LogP contribution in [-0.4, -0.2) is 15.0 Å². The molecule has 0 unspecified atom stereocenters. The first-order valence-electron chi connectivity index (χ1n) is 16.4. The Labute approximate surface area is 288 Å². The first kappa shape index (κ1) is 29.0. The number of para-hydroxylation sites is 1. The molecule has 0 atom stereocenters. The molecular formula is C45H29N3S. The number of hydrogen-bond acceptors (Lipinski definition) is 4. The minimum absolute atomic E-state index is 0.703. The number of fused-ring (bicyclic) bond motifs is 2. The highest BCUT2D eigenvalue weighted by atomic mass is 32.1. The van der Waals surface area contributed by atoms with E-state index in [1.165, 1.54) is 15.8 Å². The average molecular weight is 644 g/mol. The lowest BCUT2D eigenvalue weighted by atomic mass is 9.93. The summed E-state index contributed by atoms with van der Waals surface area (Å²) in [5, 5.41) is 3.33. The zero-order chi connectivity index (χ0) is 32.6. The summed E-state index contributed by atoms with van der Waals surface area (Å²) in [6, 6.07) is 61.4. The summed E-state index contributed by atoms with van der Waals surface area (Å²) in [6.45, 7) is 0. The maximum absolute atomic E-state index is 5.18. The Morgan fingerprint density at radius 2 is 0.898 bits per heavy atom. The molecule has 0 amide bonds. The average Bonchev–Trinajstić information content (AvgIpc) is 3.64. The van der Waals surface area contributed by atoms with E-state index in [1.54, 1.807) is 11.3 Å². The molecule has 0 aliphatic rings. The number of nitrogens with zero attached hydrogens (tertiary/aromatic N) is 3. The summed E-state index contributed by atoms with van der Waals surface area (Å²) in [6.07, 6.45) is 0. The number of hydrogen-bond donors (Lipinski definition) is 0. The molecular weight excluding hydrogens is 615 g/mol. The van der Waals surface area contributed by atoms with E-state index in [-0.39, 0.29) is 0 Å². The minimum Gasteiger partial charge on any atom is -0.235 e. The minimum atomic E-state index is 0.703. The van der Waals surface area contributed by atoms with Gasteiger partial charge in [-0.1, -0.05) is 164 Å². The van der Waals surface area contributed by atoms with Gasteiger partial charge in [0.1, 0.15) is 5.01 Å². The molecule has 0 aliphatic heterocycles. The topological polar surface area (TPSA) is 38.7 Å². The second-order valence-electron chi connectivity index (χ2n) is 12.0. The Balaban J connectivity index is 1.19. The normalized spacial score (nSPS) is 11.3. The molecule has 4 heteroatoms. The van der Waals surface area contributed by atoms with Crippen LogP contribution in [0.4, 0.5) is 0 Å². The number of benzene rings is 7. The largest absolute Gasteiger partial charge is 0.235 e. The fourth-order valence-electron chi connectivity index (χ4n) is 6.54. The second-order valence-corrected chi connectivity index (χ2v) is 13.0. The van der Waals surface area contributed by atoms with Crippen molar-refractivity contribution in [3.8, 4) is 66.7 Å². The van der Waals surface area contributed by atoms with Crippen LogP contribution in [0.25, 0.3) is 87.7 Å². The van der Waals surface area contributed by atoms with Gasteiger partial charge in [-0.25, -0.2) is 15.0 Å². The zero-order valence-electron chi connectivity index (χ0n) is 26.5. The van der Waals surface area contributed by atoms with E-state index in [2.05, 4.69) is 146 Å². The zero-order valence-corrected chi connectivity index (χ0v) is 27.3. The van der Waals surface area contributed by atoms with Gasteiger partial charge in [0, 0.05) is 27.8 Å². The van der Waals surface area contributed by atoms with Crippen molar-refractivity contribution in [1.82, 2.24) is 15.0 Å². The van der Waals surface area contributed by atoms with Crippen molar-refractivity contribution >= 4 is 32.3 Å². The van der Waals surface area contributed by atoms with E-state index < -0.39 is 0 Å². The van der Waals surface area contributed by atoms with Gasteiger partial charge in [0.2, 0.25) is 0 Å². The summed E-state index contributed by atoms with van der Waals surface area (Å²) in [7, 11) is 0. The molecule has 9 rings (SSSR count). The van der Waals surface area contributed by atoms with Crippen LogP contribution in [0.3, 0.4) is 0 Å². The van der Waals surface area contributed by atoms with E-state index in [4.69, 9.17) is 15.0 Å². The molecule has 9 aromatic rings. The van der Waals surface area contributed by atoms with E-state index in [0.717, 1.165) is 66.1 Å². The molecule has 0 saturated carbocycles. The maximum atomic E-state index is 5.18. The van der Waals surface area contributed by atoms with Crippen LogP contribution in [0, 0.1) is 0 Å². The quantitative estimate of drug-likeness (QED) is 0.181. The van der Waals surface area contributed by atoms with Gasteiger partial charge in [0.05, 0.1) is 21.6 Å². The molecule has 0 spiro atoms. The van der Waals surface area contributed by atoms with Gasteiger partial charge in [-0.15, -0.1) is 11.3 Å². The van der Waals surface area contributed by atoms with Crippen molar-refractivity contribution < 1.29 is 0 Å². The summed E-state index contributed by atoms with van der Waals surface area (Å²) >= 11 is 1.74. The van der Waals surface area contributed by atoms with Crippen molar-refractivity contribution in [2.75, 3.05) is 0 Å². The highest BCUT2D eigenvalue weighted by Crippen LogP contribution is 2.41. The summed E-state index contributed by atoms with van der Waals surface area (Å²) in [5.41, 5.74) is 11.7. The molecule has 230 valence electrons. The Morgan fingerprint density at radius 3 is 1.61 bits per heavy atom. The van der Waals surface area contributed by atoms with Crippen LogP contribution in [0.15, 0.2) is 176 Å². The number of thiazole rings is 1. The van der Waals surface area contributed by atoms with E-state index in [0.29, 0.717) is 5.82 Å². The third-order valence-electron chi connectivity index (χ3n) is 8.98. The van der Waals surface area contributed by atoms with Crippen molar-refractivity contribution in [3.05, 3.63) is 176 Å². The van der Waals surface area contributed by atoms with Crippen molar-refractivity contribution in [2.24, 2.45) is 0 Å². The van der Waals surface area contributed by atoms with Crippen LogP contribution in [0.1, 0.15) is 0 Å². The summed E-state index contributed by atoms with van der Waals surface area (Å²) in [5.74, 6) is 0.703. The molecule has 0 fully saturated rings. The Morgan fingerprint density at radius 1 is 0.347 bits per heavy atom. The Bertz CT molecular complexity index is 2580. The van der Waals surface area contributed by atoms with E-state index in [1.807, 2.05) is 30.3 Å². The van der Waals surface area contributed by atoms with Crippen molar-refractivity contribution in [2.45, 2.75) is 0 Å². The predicted octanol–water partition coefficient (Wildman–Crippen LogP) is 12.2. The SMILES string of the molecule is c1ccc(-c2ccc(-c3cc(-c4ccc(-c5cccc6sc(-c7ccccc7)nc56)c5ccccc45)nc(-c4ccccc4)n3)cc2)cc1. The fourth-order valence-corrected chi connectivity index (χ4v) is 7.54. The van der Waals surface area contributed by atoms with Gasteiger partial charge in [0.25, 0.3) is 0 Å². The van der Waals surface area contributed by atoms with Crippen LogP contribution < -0.4 is 0 Å².